The highest BCUT2D eigenvalue weighted by atomic mass is 35.5. The molecule has 0 aromatic heterocycles. The lowest BCUT2D eigenvalue weighted by Crippen LogP contribution is -2.22. The summed E-state index contributed by atoms with van der Waals surface area (Å²) in [6.45, 7) is 0.0302. The monoisotopic (exact) mass is 321 g/mol. The first-order chi connectivity index (χ1) is 9.87. The van der Waals surface area contributed by atoms with E-state index < -0.39 is 24.4 Å². The normalized spacial score (nSPS) is 20.0. The van der Waals surface area contributed by atoms with Crippen LogP contribution in [0.3, 0.4) is 0 Å². The summed E-state index contributed by atoms with van der Waals surface area (Å²) >= 11 is 5.96. The predicted molar refractivity (Wildman–Crippen MR) is 72.5 cm³/mol. The van der Waals surface area contributed by atoms with Gasteiger partial charge in [0, 0.05) is 12.1 Å². The summed E-state index contributed by atoms with van der Waals surface area (Å²) in [4.78, 5) is 10.9. The van der Waals surface area contributed by atoms with E-state index >= 15 is 0 Å². The second-order valence-electron chi connectivity index (χ2n) is 4.50. The second-order valence-corrected chi connectivity index (χ2v) is 4.91. The van der Waals surface area contributed by atoms with Crippen molar-refractivity contribution in [2.24, 2.45) is 0 Å². The van der Waals surface area contributed by atoms with Crippen LogP contribution < -0.4 is 14.8 Å². The van der Waals surface area contributed by atoms with E-state index in [1.165, 1.54) is 20.3 Å². The standard InChI is InChI=1S/C13H14ClF2NO4/c1-19-10-4-9(11(20-2)3-8(10)14)17-6-7-5-13(15,16)12(18)21-7/h3-4,7,17H,5-6H2,1-2H3. The molecule has 116 valence electrons. The van der Waals surface area contributed by atoms with Gasteiger partial charge in [0.1, 0.15) is 17.6 Å². The lowest BCUT2D eigenvalue weighted by molar-refractivity contribution is -0.158. The van der Waals surface area contributed by atoms with Crippen molar-refractivity contribution in [1.29, 1.82) is 0 Å². The second kappa shape index (κ2) is 5.93. The third-order valence-electron chi connectivity index (χ3n) is 3.05. The molecule has 2 rings (SSSR count). The average Bonchev–Trinajstić information content (AvgIpc) is 2.70. The molecule has 1 unspecified atom stereocenters. The Hall–Kier alpha value is -1.76. The first-order valence-electron chi connectivity index (χ1n) is 6.11. The van der Waals surface area contributed by atoms with Gasteiger partial charge in [0.2, 0.25) is 0 Å². The minimum absolute atomic E-state index is 0.0302. The number of carbonyl (C=O) groups is 1. The third kappa shape index (κ3) is 3.29. The largest absolute Gasteiger partial charge is 0.495 e. The molecule has 0 amide bonds. The summed E-state index contributed by atoms with van der Waals surface area (Å²) in [6.07, 6.45) is -1.55. The molecule has 1 saturated heterocycles. The van der Waals surface area contributed by atoms with Gasteiger partial charge in [-0.3, -0.25) is 0 Å². The van der Waals surface area contributed by atoms with Gasteiger partial charge in [-0.05, 0) is 0 Å². The molecule has 1 heterocycles. The van der Waals surface area contributed by atoms with Gasteiger partial charge in [0.15, 0.2) is 0 Å². The Kier molecular flexibility index (Phi) is 4.41. The van der Waals surface area contributed by atoms with E-state index in [4.69, 9.17) is 21.1 Å². The van der Waals surface area contributed by atoms with Gasteiger partial charge in [-0.15, -0.1) is 0 Å². The van der Waals surface area contributed by atoms with E-state index in [1.807, 2.05) is 0 Å². The highest BCUT2D eigenvalue weighted by molar-refractivity contribution is 6.32. The van der Waals surface area contributed by atoms with Gasteiger partial charge >= 0.3 is 11.9 Å². The smallest absolute Gasteiger partial charge is 0.377 e. The van der Waals surface area contributed by atoms with Crippen LogP contribution in [0, 0.1) is 0 Å². The lowest BCUT2D eigenvalue weighted by atomic mass is 10.2. The molecule has 1 atom stereocenters. The lowest BCUT2D eigenvalue weighted by Gasteiger charge is -2.15. The number of rotatable bonds is 5. The minimum atomic E-state index is -3.42. The van der Waals surface area contributed by atoms with Gasteiger partial charge < -0.3 is 19.5 Å². The van der Waals surface area contributed by atoms with Crippen molar-refractivity contribution >= 4 is 23.3 Å². The van der Waals surface area contributed by atoms with Crippen molar-refractivity contribution in [3.8, 4) is 11.5 Å². The Balaban J connectivity index is 2.08. The summed E-state index contributed by atoms with van der Waals surface area (Å²) in [7, 11) is 2.91. The molecule has 1 aromatic carbocycles. The highest BCUT2D eigenvalue weighted by Gasteiger charge is 2.50. The maximum atomic E-state index is 13.1. The summed E-state index contributed by atoms with van der Waals surface area (Å²) < 4.78 is 41.0. The highest BCUT2D eigenvalue weighted by Crippen LogP contribution is 2.36. The number of esters is 1. The molecule has 8 heteroatoms. The summed E-state index contributed by atoms with van der Waals surface area (Å²) in [6, 6.07) is 3.12. The van der Waals surface area contributed by atoms with Crippen molar-refractivity contribution in [3.05, 3.63) is 17.2 Å². The van der Waals surface area contributed by atoms with Crippen LogP contribution >= 0.6 is 11.6 Å². The molecule has 1 aliphatic heterocycles. The minimum Gasteiger partial charge on any atom is -0.495 e. The predicted octanol–water partition coefficient (Wildman–Crippen LogP) is 2.72. The Labute approximate surface area is 125 Å². The van der Waals surface area contributed by atoms with Gasteiger partial charge in [0.05, 0.1) is 37.9 Å². The van der Waals surface area contributed by atoms with E-state index in [2.05, 4.69) is 10.1 Å². The molecule has 1 N–H and O–H groups in total. The molecule has 0 spiro atoms. The number of hydrogen-bond acceptors (Lipinski definition) is 5. The Morgan fingerprint density at radius 1 is 1.38 bits per heavy atom. The fourth-order valence-corrected chi connectivity index (χ4v) is 2.22. The molecule has 0 bridgehead atoms. The van der Waals surface area contributed by atoms with Crippen LogP contribution in [-0.4, -0.2) is 38.8 Å². The number of alkyl halides is 2. The maximum Gasteiger partial charge on any atom is 0.377 e. The Morgan fingerprint density at radius 3 is 2.57 bits per heavy atom. The SMILES string of the molecule is COc1cc(NCC2CC(F)(F)C(=O)O2)c(OC)cc1Cl. The van der Waals surface area contributed by atoms with Crippen LogP contribution in [0.25, 0.3) is 0 Å². The van der Waals surface area contributed by atoms with Crippen molar-refractivity contribution in [1.82, 2.24) is 0 Å². The first kappa shape index (κ1) is 15.6. The number of anilines is 1. The maximum absolute atomic E-state index is 13.1. The van der Waals surface area contributed by atoms with E-state index in [9.17, 15) is 13.6 Å². The van der Waals surface area contributed by atoms with E-state index in [0.29, 0.717) is 22.2 Å². The van der Waals surface area contributed by atoms with E-state index in [-0.39, 0.29) is 6.54 Å². The molecular formula is C13H14ClF2NO4. The summed E-state index contributed by atoms with van der Waals surface area (Å²) in [5.74, 6) is -4.07. The number of halogens is 3. The van der Waals surface area contributed by atoms with Crippen LogP contribution in [0.15, 0.2) is 12.1 Å². The zero-order valence-corrected chi connectivity index (χ0v) is 12.2. The zero-order chi connectivity index (χ0) is 15.6. The van der Waals surface area contributed by atoms with E-state index in [1.54, 1.807) is 6.07 Å². The summed E-state index contributed by atoms with van der Waals surface area (Å²) in [5, 5.41) is 3.25. The first-order valence-corrected chi connectivity index (χ1v) is 6.49. The number of benzene rings is 1. The number of cyclic esters (lactones) is 1. The number of ether oxygens (including phenoxy) is 3. The van der Waals surface area contributed by atoms with Gasteiger partial charge in [-0.25, -0.2) is 4.79 Å². The van der Waals surface area contributed by atoms with Crippen molar-refractivity contribution < 1.29 is 27.8 Å². The molecule has 0 saturated carbocycles. The van der Waals surface area contributed by atoms with Crippen LogP contribution in [0.2, 0.25) is 5.02 Å². The Bertz CT molecular complexity index is 553. The molecular weight excluding hydrogens is 308 g/mol. The third-order valence-corrected chi connectivity index (χ3v) is 3.35. The van der Waals surface area contributed by atoms with Crippen LogP contribution in [-0.2, 0) is 9.53 Å². The topological polar surface area (TPSA) is 56.8 Å². The Morgan fingerprint density at radius 2 is 2.05 bits per heavy atom. The van der Waals surface area contributed by atoms with Gasteiger partial charge in [0.25, 0.3) is 0 Å². The molecule has 1 fully saturated rings. The van der Waals surface area contributed by atoms with Crippen LogP contribution in [0.5, 0.6) is 11.5 Å². The number of hydrogen-bond donors (Lipinski definition) is 1. The fraction of sp³-hybridized carbons (Fsp3) is 0.462. The molecule has 21 heavy (non-hydrogen) atoms. The van der Waals surface area contributed by atoms with Crippen molar-refractivity contribution in [2.75, 3.05) is 26.1 Å². The van der Waals surface area contributed by atoms with Crippen molar-refractivity contribution in [3.63, 3.8) is 0 Å². The van der Waals surface area contributed by atoms with Gasteiger partial charge in [-0.1, -0.05) is 11.6 Å². The molecule has 1 aromatic rings. The quantitative estimate of drug-likeness (QED) is 0.845. The van der Waals surface area contributed by atoms with Crippen molar-refractivity contribution in [2.45, 2.75) is 18.4 Å². The number of nitrogens with one attached hydrogen (secondary N) is 1. The molecule has 0 radical (unpaired) electrons. The molecule has 0 aliphatic carbocycles. The average molecular weight is 322 g/mol. The molecule has 5 nitrogen and oxygen atoms in total. The van der Waals surface area contributed by atoms with Gasteiger partial charge in [-0.2, -0.15) is 8.78 Å². The summed E-state index contributed by atoms with van der Waals surface area (Å²) in [5.41, 5.74) is 0.505. The number of carbonyl (C=O) groups excluding carboxylic acids is 1. The van der Waals surface area contributed by atoms with Crippen LogP contribution in [0.4, 0.5) is 14.5 Å². The molecule has 1 aliphatic rings. The zero-order valence-electron chi connectivity index (χ0n) is 11.4. The number of methoxy groups -OCH3 is 2. The van der Waals surface area contributed by atoms with Crippen LogP contribution in [0.1, 0.15) is 6.42 Å². The fourth-order valence-electron chi connectivity index (χ4n) is 1.98. The van der Waals surface area contributed by atoms with E-state index in [0.717, 1.165) is 0 Å².